The molecule has 0 unspecified atom stereocenters. The molecule has 2 aromatic carbocycles. The SMILES string of the molecule is N=C(N)COc1ccc2cc(Br)ccc2c1. The van der Waals surface area contributed by atoms with E-state index in [2.05, 4.69) is 15.9 Å². The molecule has 0 aliphatic carbocycles. The lowest BCUT2D eigenvalue weighted by Crippen LogP contribution is -2.19. The Morgan fingerprint density at radius 2 is 1.88 bits per heavy atom. The summed E-state index contributed by atoms with van der Waals surface area (Å²) in [5.41, 5.74) is 5.22. The van der Waals surface area contributed by atoms with Crippen molar-refractivity contribution < 1.29 is 4.74 Å². The van der Waals surface area contributed by atoms with Gasteiger partial charge in [-0.1, -0.05) is 28.1 Å². The summed E-state index contributed by atoms with van der Waals surface area (Å²) in [7, 11) is 0. The molecule has 0 saturated carbocycles. The molecule has 0 radical (unpaired) electrons. The minimum Gasteiger partial charge on any atom is -0.486 e. The van der Waals surface area contributed by atoms with Gasteiger partial charge in [-0.15, -0.1) is 0 Å². The molecule has 3 nitrogen and oxygen atoms in total. The number of hydrogen-bond donors (Lipinski definition) is 2. The van der Waals surface area contributed by atoms with E-state index in [0.717, 1.165) is 21.0 Å². The van der Waals surface area contributed by atoms with Crippen molar-refractivity contribution in [2.75, 3.05) is 6.61 Å². The maximum absolute atomic E-state index is 7.08. The third kappa shape index (κ3) is 2.52. The van der Waals surface area contributed by atoms with Crippen molar-refractivity contribution in [1.29, 1.82) is 5.41 Å². The normalized spacial score (nSPS) is 10.3. The number of halogens is 1. The van der Waals surface area contributed by atoms with Crippen molar-refractivity contribution in [3.05, 3.63) is 40.9 Å². The number of nitrogens with two attached hydrogens (primary N) is 1. The lowest BCUT2D eigenvalue weighted by molar-refractivity contribution is 0.375. The molecule has 0 heterocycles. The lowest BCUT2D eigenvalue weighted by Gasteiger charge is -2.06. The molecule has 0 fully saturated rings. The first-order valence-corrected chi connectivity index (χ1v) is 5.59. The van der Waals surface area contributed by atoms with Gasteiger partial charge >= 0.3 is 0 Å². The Morgan fingerprint density at radius 3 is 2.62 bits per heavy atom. The van der Waals surface area contributed by atoms with Crippen LogP contribution in [0.4, 0.5) is 0 Å². The van der Waals surface area contributed by atoms with E-state index in [4.69, 9.17) is 15.9 Å². The van der Waals surface area contributed by atoms with Gasteiger partial charge < -0.3 is 10.5 Å². The van der Waals surface area contributed by atoms with Gasteiger partial charge in [-0.2, -0.15) is 0 Å². The van der Waals surface area contributed by atoms with Crippen molar-refractivity contribution >= 4 is 32.5 Å². The molecule has 2 aromatic rings. The second-order valence-corrected chi connectivity index (χ2v) is 4.38. The van der Waals surface area contributed by atoms with E-state index >= 15 is 0 Å². The number of fused-ring (bicyclic) bond motifs is 1. The highest BCUT2D eigenvalue weighted by Crippen LogP contribution is 2.23. The van der Waals surface area contributed by atoms with Crippen LogP contribution < -0.4 is 10.5 Å². The molecular weight excluding hydrogens is 268 g/mol. The van der Waals surface area contributed by atoms with Crippen LogP contribution in [0, 0.1) is 5.41 Å². The molecule has 2 rings (SSSR count). The third-order valence-corrected chi connectivity index (χ3v) is 2.66. The van der Waals surface area contributed by atoms with Gasteiger partial charge in [0, 0.05) is 4.47 Å². The van der Waals surface area contributed by atoms with Crippen LogP contribution in [-0.4, -0.2) is 12.4 Å². The van der Waals surface area contributed by atoms with Crippen molar-refractivity contribution in [2.45, 2.75) is 0 Å². The largest absolute Gasteiger partial charge is 0.486 e. The molecule has 0 spiro atoms. The third-order valence-electron chi connectivity index (χ3n) is 2.17. The Morgan fingerprint density at radius 1 is 1.19 bits per heavy atom. The summed E-state index contributed by atoms with van der Waals surface area (Å²) in [5.74, 6) is 0.751. The van der Waals surface area contributed by atoms with Crippen LogP contribution >= 0.6 is 15.9 Å². The van der Waals surface area contributed by atoms with E-state index in [-0.39, 0.29) is 12.4 Å². The molecule has 0 saturated heterocycles. The van der Waals surface area contributed by atoms with Crippen LogP contribution in [0.2, 0.25) is 0 Å². The first kappa shape index (κ1) is 11.0. The first-order valence-electron chi connectivity index (χ1n) is 4.80. The van der Waals surface area contributed by atoms with E-state index < -0.39 is 0 Å². The number of hydrogen-bond acceptors (Lipinski definition) is 2. The van der Waals surface area contributed by atoms with Gasteiger partial charge in [0.05, 0.1) is 0 Å². The number of benzene rings is 2. The Kier molecular flexibility index (Phi) is 3.10. The average Bonchev–Trinajstić information content (AvgIpc) is 2.26. The number of nitrogens with one attached hydrogen (secondary N) is 1. The van der Waals surface area contributed by atoms with Crippen molar-refractivity contribution in [3.63, 3.8) is 0 Å². The van der Waals surface area contributed by atoms with Gasteiger partial charge in [-0.05, 0) is 35.0 Å². The van der Waals surface area contributed by atoms with Gasteiger partial charge in [-0.25, -0.2) is 0 Å². The van der Waals surface area contributed by atoms with E-state index in [1.807, 2.05) is 36.4 Å². The monoisotopic (exact) mass is 278 g/mol. The molecule has 0 amide bonds. The van der Waals surface area contributed by atoms with E-state index in [1.165, 1.54) is 0 Å². The van der Waals surface area contributed by atoms with Crippen molar-refractivity contribution in [2.24, 2.45) is 5.73 Å². The minimum atomic E-state index is 0.0240. The topological polar surface area (TPSA) is 59.1 Å². The van der Waals surface area contributed by atoms with Crippen LogP contribution in [0.3, 0.4) is 0 Å². The summed E-state index contributed by atoms with van der Waals surface area (Å²) in [4.78, 5) is 0. The predicted molar refractivity (Wildman–Crippen MR) is 69.1 cm³/mol. The fourth-order valence-electron chi connectivity index (χ4n) is 1.45. The highest BCUT2D eigenvalue weighted by atomic mass is 79.9. The zero-order valence-electron chi connectivity index (χ0n) is 8.53. The standard InChI is InChI=1S/C12H11BrN2O/c13-10-3-1-9-6-11(16-7-12(14)15)4-2-8(9)5-10/h1-6H,7H2,(H3,14,15). The molecular formula is C12H11BrN2O. The minimum absolute atomic E-state index is 0.0240. The second kappa shape index (κ2) is 4.53. The van der Waals surface area contributed by atoms with Crippen molar-refractivity contribution in [3.8, 4) is 5.75 Å². The molecule has 82 valence electrons. The fourth-order valence-corrected chi connectivity index (χ4v) is 1.82. The second-order valence-electron chi connectivity index (χ2n) is 3.47. The van der Waals surface area contributed by atoms with Crippen LogP contribution in [0.5, 0.6) is 5.75 Å². The lowest BCUT2D eigenvalue weighted by atomic mass is 10.1. The first-order chi connectivity index (χ1) is 7.65. The summed E-state index contributed by atoms with van der Waals surface area (Å²) >= 11 is 3.42. The van der Waals surface area contributed by atoms with Crippen molar-refractivity contribution in [1.82, 2.24) is 0 Å². The molecule has 0 bridgehead atoms. The van der Waals surface area contributed by atoms with Crippen LogP contribution in [0.15, 0.2) is 40.9 Å². The maximum atomic E-state index is 7.08. The molecule has 4 heteroatoms. The zero-order valence-corrected chi connectivity index (χ0v) is 10.1. The van der Waals surface area contributed by atoms with Gasteiger partial charge in [0.2, 0.25) is 0 Å². The predicted octanol–water partition coefficient (Wildman–Crippen LogP) is 2.92. The van der Waals surface area contributed by atoms with Gasteiger partial charge in [-0.3, -0.25) is 5.41 Å². The molecule has 0 aromatic heterocycles. The Balaban J connectivity index is 2.30. The zero-order chi connectivity index (χ0) is 11.5. The highest BCUT2D eigenvalue weighted by Gasteiger charge is 1.99. The summed E-state index contributed by atoms with van der Waals surface area (Å²) < 4.78 is 6.40. The smallest absolute Gasteiger partial charge is 0.145 e. The van der Waals surface area contributed by atoms with E-state index in [9.17, 15) is 0 Å². The Hall–Kier alpha value is -1.55. The van der Waals surface area contributed by atoms with E-state index in [0.29, 0.717) is 0 Å². The van der Waals surface area contributed by atoms with Crippen LogP contribution in [-0.2, 0) is 0 Å². The van der Waals surface area contributed by atoms with Gasteiger partial charge in [0.25, 0.3) is 0 Å². The summed E-state index contributed by atoms with van der Waals surface area (Å²) in [6.45, 7) is 0.127. The molecule has 16 heavy (non-hydrogen) atoms. The van der Waals surface area contributed by atoms with Crippen LogP contribution in [0.25, 0.3) is 10.8 Å². The summed E-state index contributed by atoms with van der Waals surface area (Å²) in [5, 5.41) is 9.33. The molecule has 0 aliphatic heterocycles. The van der Waals surface area contributed by atoms with E-state index in [1.54, 1.807) is 0 Å². The number of amidine groups is 1. The summed E-state index contributed by atoms with van der Waals surface area (Å²) in [6.07, 6.45) is 0. The molecule has 3 N–H and O–H groups in total. The molecule has 0 atom stereocenters. The number of ether oxygens (including phenoxy) is 1. The Bertz CT molecular complexity index is 540. The Labute approximate surface area is 102 Å². The van der Waals surface area contributed by atoms with Crippen LogP contribution in [0.1, 0.15) is 0 Å². The molecule has 0 aliphatic rings. The maximum Gasteiger partial charge on any atom is 0.145 e. The number of rotatable bonds is 3. The quantitative estimate of drug-likeness (QED) is 0.670. The van der Waals surface area contributed by atoms with Gasteiger partial charge in [0.1, 0.15) is 18.2 Å². The highest BCUT2D eigenvalue weighted by molar-refractivity contribution is 9.10. The summed E-state index contributed by atoms with van der Waals surface area (Å²) in [6, 6.07) is 11.8. The average molecular weight is 279 g/mol. The fraction of sp³-hybridized carbons (Fsp3) is 0.0833. The van der Waals surface area contributed by atoms with Gasteiger partial charge in [0.15, 0.2) is 0 Å².